The van der Waals surface area contributed by atoms with Gasteiger partial charge in [0, 0.05) is 5.75 Å². The van der Waals surface area contributed by atoms with E-state index < -0.39 is 32.6 Å². The van der Waals surface area contributed by atoms with Crippen LogP contribution in [-0.4, -0.2) is 25.3 Å². The number of benzene rings is 1. The predicted molar refractivity (Wildman–Crippen MR) is 62.5 cm³/mol. The number of nitrogens with one attached hydrogen (secondary N) is 1. The summed E-state index contributed by atoms with van der Waals surface area (Å²) in [4.78, 5) is 10.9. The van der Waals surface area contributed by atoms with Crippen molar-refractivity contribution in [2.24, 2.45) is 0 Å². The average Bonchev–Trinajstić information content (AvgIpc) is 2.67. The number of hydrogen-bond donors (Lipinski definition) is 1. The largest absolute Gasteiger partial charge is 0.285 e. The molecule has 98 valence electrons. The second kappa shape index (κ2) is 4.94. The zero-order valence-electron chi connectivity index (χ0n) is 9.02. The minimum atomic E-state index is -4.01. The first-order chi connectivity index (χ1) is 8.40. The molecule has 0 radical (unpaired) electrons. The topological polar surface area (TPSA) is 63.2 Å². The SMILES string of the molecule is O=C1SCCC1NS(=O)(=O)c1ccc(F)c(F)c1. The minimum absolute atomic E-state index is 0.263. The maximum absolute atomic E-state index is 13.0. The Bertz CT molecular complexity index is 589. The molecule has 1 aromatic rings. The highest BCUT2D eigenvalue weighted by atomic mass is 32.2. The minimum Gasteiger partial charge on any atom is -0.285 e. The van der Waals surface area contributed by atoms with E-state index in [-0.39, 0.29) is 5.12 Å². The van der Waals surface area contributed by atoms with Crippen LogP contribution in [0, 0.1) is 11.6 Å². The summed E-state index contributed by atoms with van der Waals surface area (Å²) >= 11 is 1.05. The molecule has 0 amide bonds. The van der Waals surface area contributed by atoms with Crippen molar-refractivity contribution in [1.29, 1.82) is 0 Å². The molecule has 1 aliphatic heterocycles. The quantitative estimate of drug-likeness (QED) is 0.912. The fourth-order valence-corrected chi connectivity index (χ4v) is 3.75. The first-order valence-corrected chi connectivity index (χ1v) is 7.51. The van der Waals surface area contributed by atoms with E-state index >= 15 is 0 Å². The van der Waals surface area contributed by atoms with Gasteiger partial charge in [0.05, 0.1) is 10.9 Å². The molecule has 1 unspecified atom stereocenters. The number of sulfonamides is 1. The molecule has 0 spiro atoms. The lowest BCUT2D eigenvalue weighted by molar-refractivity contribution is -0.111. The Morgan fingerprint density at radius 3 is 2.56 bits per heavy atom. The normalized spacial score (nSPS) is 20.3. The standard InChI is InChI=1S/C10H9F2NO3S2/c11-7-2-1-6(5-8(7)12)18(15,16)13-9-3-4-17-10(9)14/h1-2,5,9,13H,3-4H2. The molecule has 8 heteroatoms. The smallest absolute Gasteiger partial charge is 0.241 e. The van der Waals surface area contributed by atoms with Gasteiger partial charge in [-0.1, -0.05) is 11.8 Å². The molecular formula is C10H9F2NO3S2. The molecule has 0 aromatic heterocycles. The van der Waals surface area contributed by atoms with Crippen molar-refractivity contribution in [2.45, 2.75) is 17.4 Å². The van der Waals surface area contributed by atoms with Crippen molar-refractivity contribution in [3.8, 4) is 0 Å². The van der Waals surface area contributed by atoms with E-state index in [4.69, 9.17) is 0 Å². The molecule has 1 heterocycles. The summed E-state index contributed by atoms with van der Waals surface area (Å²) in [6.45, 7) is 0. The van der Waals surface area contributed by atoms with Crippen LogP contribution in [0.1, 0.15) is 6.42 Å². The van der Waals surface area contributed by atoms with Crippen LogP contribution in [0.4, 0.5) is 8.78 Å². The Morgan fingerprint density at radius 1 is 1.28 bits per heavy atom. The number of halogens is 2. The molecule has 1 N–H and O–H groups in total. The van der Waals surface area contributed by atoms with Gasteiger partial charge in [-0.25, -0.2) is 17.2 Å². The molecule has 2 rings (SSSR count). The van der Waals surface area contributed by atoms with Crippen molar-refractivity contribution >= 4 is 26.9 Å². The van der Waals surface area contributed by atoms with Gasteiger partial charge in [-0.15, -0.1) is 0 Å². The van der Waals surface area contributed by atoms with Crippen molar-refractivity contribution in [3.05, 3.63) is 29.8 Å². The van der Waals surface area contributed by atoms with E-state index in [9.17, 15) is 22.0 Å². The number of thioether (sulfide) groups is 1. The van der Waals surface area contributed by atoms with E-state index in [2.05, 4.69) is 4.72 Å². The summed E-state index contributed by atoms with van der Waals surface area (Å²) < 4.78 is 51.5. The molecule has 18 heavy (non-hydrogen) atoms. The first-order valence-electron chi connectivity index (χ1n) is 5.04. The Balaban J connectivity index is 2.25. The van der Waals surface area contributed by atoms with Crippen molar-refractivity contribution in [3.63, 3.8) is 0 Å². The summed E-state index contributed by atoms with van der Waals surface area (Å²) in [6.07, 6.45) is 0.395. The number of carbonyl (C=O) groups is 1. The molecular weight excluding hydrogens is 284 g/mol. The fourth-order valence-electron chi connectivity index (χ4n) is 1.50. The molecule has 1 aromatic carbocycles. The second-order valence-corrected chi connectivity index (χ2v) is 6.52. The summed E-state index contributed by atoms with van der Waals surface area (Å²) in [5.41, 5.74) is 0. The van der Waals surface area contributed by atoms with Gasteiger partial charge in [-0.05, 0) is 24.6 Å². The van der Waals surface area contributed by atoms with E-state index in [1.54, 1.807) is 0 Å². The van der Waals surface area contributed by atoms with Crippen LogP contribution in [-0.2, 0) is 14.8 Å². The highest BCUT2D eigenvalue weighted by Crippen LogP contribution is 2.22. The molecule has 1 saturated heterocycles. The number of hydrogen-bond acceptors (Lipinski definition) is 4. The molecule has 1 atom stereocenters. The monoisotopic (exact) mass is 293 g/mol. The van der Waals surface area contributed by atoms with Crippen molar-refractivity contribution in [2.75, 3.05) is 5.75 Å². The molecule has 0 bridgehead atoms. The third-order valence-electron chi connectivity index (χ3n) is 2.43. The van der Waals surface area contributed by atoms with Gasteiger partial charge in [-0.3, -0.25) is 4.79 Å². The second-order valence-electron chi connectivity index (χ2n) is 3.71. The molecule has 4 nitrogen and oxygen atoms in total. The Morgan fingerprint density at radius 2 is 2.00 bits per heavy atom. The van der Waals surface area contributed by atoms with Gasteiger partial charge in [-0.2, -0.15) is 4.72 Å². The summed E-state index contributed by atoms with van der Waals surface area (Å²) in [5, 5.41) is -0.263. The van der Waals surface area contributed by atoms with Gasteiger partial charge in [0.15, 0.2) is 11.6 Å². The van der Waals surface area contributed by atoms with Crippen LogP contribution < -0.4 is 4.72 Å². The Hall–Kier alpha value is -0.990. The lowest BCUT2D eigenvalue weighted by Crippen LogP contribution is -2.37. The van der Waals surface area contributed by atoms with Crippen molar-refractivity contribution in [1.82, 2.24) is 4.72 Å². The van der Waals surface area contributed by atoms with E-state index in [1.165, 1.54) is 0 Å². The zero-order chi connectivity index (χ0) is 13.3. The van der Waals surface area contributed by atoms with Crippen LogP contribution in [0.25, 0.3) is 0 Å². The van der Waals surface area contributed by atoms with Gasteiger partial charge >= 0.3 is 0 Å². The third kappa shape index (κ3) is 2.70. The van der Waals surface area contributed by atoms with Gasteiger partial charge in [0.2, 0.25) is 15.1 Å². The van der Waals surface area contributed by atoms with E-state index in [0.29, 0.717) is 18.2 Å². The number of rotatable bonds is 3. The van der Waals surface area contributed by atoms with E-state index in [1.807, 2.05) is 0 Å². The summed E-state index contributed by atoms with van der Waals surface area (Å²) in [6, 6.07) is 1.47. The maximum Gasteiger partial charge on any atom is 0.241 e. The van der Waals surface area contributed by atoms with Gasteiger partial charge in [0.1, 0.15) is 0 Å². The van der Waals surface area contributed by atoms with Crippen LogP contribution >= 0.6 is 11.8 Å². The maximum atomic E-state index is 13.0. The van der Waals surface area contributed by atoms with Gasteiger partial charge < -0.3 is 0 Å². The van der Waals surface area contributed by atoms with Crippen molar-refractivity contribution < 1.29 is 22.0 Å². The molecule has 1 fully saturated rings. The predicted octanol–water partition coefficient (Wildman–Crippen LogP) is 1.28. The highest BCUT2D eigenvalue weighted by molar-refractivity contribution is 8.14. The highest BCUT2D eigenvalue weighted by Gasteiger charge is 2.30. The molecule has 0 aliphatic carbocycles. The third-order valence-corrected chi connectivity index (χ3v) is 4.91. The first kappa shape index (κ1) is 13.4. The fraction of sp³-hybridized carbons (Fsp3) is 0.300. The Labute approximate surface area is 107 Å². The zero-order valence-corrected chi connectivity index (χ0v) is 10.7. The Kier molecular flexibility index (Phi) is 3.69. The van der Waals surface area contributed by atoms with Crippen LogP contribution in [0.15, 0.2) is 23.1 Å². The average molecular weight is 293 g/mol. The van der Waals surface area contributed by atoms with E-state index in [0.717, 1.165) is 23.9 Å². The van der Waals surface area contributed by atoms with Crippen LogP contribution in [0.3, 0.4) is 0 Å². The molecule has 0 saturated carbocycles. The lowest BCUT2D eigenvalue weighted by Gasteiger charge is -2.11. The summed E-state index contributed by atoms with van der Waals surface area (Å²) in [5.74, 6) is -1.82. The van der Waals surface area contributed by atoms with Gasteiger partial charge in [0.25, 0.3) is 0 Å². The molecule has 1 aliphatic rings. The lowest BCUT2D eigenvalue weighted by atomic mass is 10.3. The summed E-state index contributed by atoms with van der Waals surface area (Å²) in [7, 11) is -4.01. The number of carbonyl (C=O) groups excluding carboxylic acids is 1. The van der Waals surface area contributed by atoms with Crippen LogP contribution in [0.5, 0.6) is 0 Å². The van der Waals surface area contributed by atoms with Crippen LogP contribution in [0.2, 0.25) is 0 Å².